The van der Waals surface area contributed by atoms with Crippen LogP contribution >= 0.6 is 11.8 Å². The quantitative estimate of drug-likeness (QED) is 0.364. The molecule has 0 saturated carbocycles. The Kier molecular flexibility index (Phi) is 9.05. The van der Waals surface area contributed by atoms with Crippen LogP contribution in [0.25, 0.3) is 11.4 Å². The molecule has 160 valence electrons. The van der Waals surface area contributed by atoms with Crippen LogP contribution in [0.4, 0.5) is 0 Å². The lowest BCUT2D eigenvalue weighted by Crippen LogP contribution is -2.24. The number of aromatic nitrogens is 2. The highest BCUT2D eigenvalue weighted by Crippen LogP contribution is 2.21. The topological polar surface area (TPSA) is 60.6 Å². The molecular formula is C23H29N3O3S. The van der Waals surface area contributed by atoms with Crippen molar-refractivity contribution in [2.24, 2.45) is 0 Å². The lowest BCUT2D eigenvalue weighted by molar-refractivity contribution is 0.237. The normalized spacial score (nSPS) is 11.0. The summed E-state index contributed by atoms with van der Waals surface area (Å²) in [6, 6.07) is 17.6. The van der Waals surface area contributed by atoms with Gasteiger partial charge < -0.3 is 18.9 Å². The molecule has 0 aliphatic carbocycles. The average molecular weight is 428 g/mol. The molecule has 0 amide bonds. The van der Waals surface area contributed by atoms with Gasteiger partial charge in [-0.05, 0) is 56.4 Å². The minimum Gasteiger partial charge on any atom is -0.493 e. The van der Waals surface area contributed by atoms with Crippen LogP contribution in [0, 0.1) is 0 Å². The van der Waals surface area contributed by atoms with E-state index < -0.39 is 0 Å². The first-order chi connectivity index (χ1) is 14.7. The zero-order chi connectivity index (χ0) is 21.0. The zero-order valence-electron chi connectivity index (χ0n) is 17.6. The summed E-state index contributed by atoms with van der Waals surface area (Å²) in [5.74, 6) is 4.47. The van der Waals surface area contributed by atoms with Gasteiger partial charge >= 0.3 is 0 Å². The predicted octanol–water partition coefficient (Wildman–Crippen LogP) is 4.77. The molecule has 0 atom stereocenters. The van der Waals surface area contributed by atoms with E-state index in [1.54, 1.807) is 11.8 Å². The first kappa shape index (κ1) is 22.2. The highest BCUT2D eigenvalue weighted by molar-refractivity contribution is 7.98. The van der Waals surface area contributed by atoms with Crippen molar-refractivity contribution < 1.29 is 14.0 Å². The molecule has 0 saturated heterocycles. The number of hydrogen-bond acceptors (Lipinski definition) is 7. The van der Waals surface area contributed by atoms with Crippen molar-refractivity contribution in [2.75, 3.05) is 39.1 Å². The summed E-state index contributed by atoms with van der Waals surface area (Å²) in [7, 11) is 2.11. The number of likely N-dealkylation sites (N-methyl/N-ethyl adjacent to an activating group) is 1. The molecule has 0 aliphatic heterocycles. The number of thioether (sulfide) groups is 1. The van der Waals surface area contributed by atoms with Crippen molar-refractivity contribution in [3.63, 3.8) is 0 Å². The maximum absolute atomic E-state index is 5.81. The maximum Gasteiger partial charge on any atom is 0.236 e. The molecule has 0 fully saturated rings. The third-order valence-electron chi connectivity index (χ3n) is 4.39. The van der Waals surface area contributed by atoms with Gasteiger partial charge in [0, 0.05) is 17.9 Å². The van der Waals surface area contributed by atoms with Crippen LogP contribution in [0.3, 0.4) is 0 Å². The van der Waals surface area contributed by atoms with E-state index in [9.17, 15) is 0 Å². The summed E-state index contributed by atoms with van der Waals surface area (Å²) in [6.45, 7) is 5.50. The molecule has 0 unspecified atom stereocenters. The standard InChI is InChI=1S/C23H29N3O3S/c1-3-13-26(2)14-15-27-21-11-9-19(10-12-21)23-24-22(29-25-23)18-30-17-16-28-20-7-5-4-6-8-20/h4-12H,3,13-18H2,1-2H3. The van der Waals surface area contributed by atoms with E-state index in [1.807, 2.05) is 54.6 Å². The van der Waals surface area contributed by atoms with Gasteiger partial charge in [0.05, 0.1) is 12.4 Å². The second-order valence-electron chi connectivity index (χ2n) is 6.90. The minimum atomic E-state index is 0.598. The molecule has 3 rings (SSSR count). The lowest BCUT2D eigenvalue weighted by atomic mass is 10.2. The van der Waals surface area contributed by atoms with E-state index in [-0.39, 0.29) is 0 Å². The molecule has 7 heteroatoms. The molecule has 30 heavy (non-hydrogen) atoms. The van der Waals surface area contributed by atoms with Crippen LogP contribution in [0.1, 0.15) is 19.2 Å². The average Bonchev–Trinajstić information content (AvgIpc) is 3.24. The van der Waals surface area contributed by atoms with Gasteiger partial charge in [-0.2, -0.15) is 4.98 Å². The SMILES string of the molecule is CCCN(C)CCOc1ccc(-c2noc(CSCCOc3ccccc3)n2)cc1. The Balaban J connectivity index is 1.38. The Morgan fingerprint density at radius 1 is 0.933 bits per heavy atom. The minimum absolute atomic E-state index is 0.598. The third-order valence-corrected chi connectivity index (χ3v) is 5.30. The van der Waals surface area contributed by atoms with E-state index in [0.29, 0.717) is 30.7 Å². The molecule has 2 aromatic carbocycles. The van der Waals surface area contributed by atoms with E-state index in [2.05, 4.69) is 29.0 Å². The molecule has 0 aliphatic rings. The van der Waals surface area contributed by atoms with E-state index in [1.165, 1.54) is 0 Å². The van der Waals surface area contributed by atoms with Crippen LogP contribution in [0.15, 0.2) is 59.1 Å². The maximum atomic E-state index is 5.81. The van der Waals surface area contributed by atoms with Crippen molar-refractivity contribution in [3.8, 4) is 22.9 Å². The van der Waals surface area contributed by atoms with Crippen molar-refractivity contribution in [2.45, 2.75) is 19.1 Å². The summed E-state index contributed by atoms with van der Waals surface area (Å²) in [5.41, 5.74) is 0.915. The fourth-order valence-electron chi connectivity index (χ4n) is 2.84. The first-order valence-corrected chi connectivity index (χ1v) is 11.4. The van der Waals surface area contributed by atoms with Crippen LogP contribution < -0.4 is 9.47 Å². The van der Waals surface area contributed by atoms with E-state index in [4.69, 9.17) is 14.0 Å². The lowest BCUT2D eigenvalue weighted by Gasteiger charge is -2.15. The first-order valence-electron chi connectivity index (χ1n) is 10.2. The third kappa shape index (κ3) is 7.39. The van der Waals surface area contributed by atoms with Crippen LogP contribution in [0.5, 0.6) is 11.5 Å². The highest BCUT2D eigenvalue weighted by atomic mass is 32.2. The van der Waals surface area contributed by atoms with Crippen LogP contribution in [-0.4, -0.2) is 54.1 Å². The smallest absolute Gasteiger partial charge is 0.236 e. The van der Waals surface area contributed by atoms with Crippen molar-refractivity contribution in [1.29, 1.82) is 0 Å². The Morgan fingerprint density at radius 2 is 1.67 bits per heavy atom. The molecule has 1 aromatic heterocycles. The molecule has 0 N–H and O–H groups in total. The van der Waals surface area contributed by atoms with Crippen molar-refractivity contribution >= 4 is 11.8 Å². The Bertz CT molecular complexity index is 856. The molecule has 6 nitrogen and oxygen atoms in total. The Hall–Kier alpha value is -2.51. The van der Waals surface area contributed by atoms with Crippen LogP contribution in [-0.2, 0) is 5.75 Å². The fourth-order valence-corrected chi connectivity index (χ4v) is 3.48. The van der Waals surface area contributed by atoms with Gasteiger partial charge in [-0.3, -0.25) is 0 Å². The van der Waals surface area contributed by atoms with E-state index in [0.717, 1.165) is 42.3 Å². The van der Waals surface area contributed by atoms with Gasteiger partial charge in [0.1, 0.15) is 18.1 Å². The van der Waals surface area contributed by atoms with Crippen molar-refractivity contribution in [3.05, 3.63) is 60.5 Å². The summed E-state index contributed by atoms with van der Waals surface area (Å²) >= 11 is 1.71. The molecule has 0 spiro atoms. The monoisotopic (exact) mass is 427 g/mol. The molecule has 1 heterocycles. The highest BCUT2D eigenvalue weighted by Gasteiger charge is 2.09. The zero-order valence-corrected chi connectivity index (χ0v) is 18.4. The molecular weight excluding hydrogens is 398 g/mol. The number of hydrogen-bond donors (Lipinski definition) is 0. The summed E-state index contributed by atoms with van der Waals surface area (Å²) in [4.78, 5) is 6.75. The van der Waals surface area contributed by atoms with Gasteiger partial charge in [0.25, 0.3) is 0 Å². The second kappa shape index (κ2) is 12.2. The predicted molar refractivity (Wildman–Crippen MR) is 121 cm³/mol. The number of benzene rings is 2. The Morgan fingerprint density at radius 3 is 2.43 bits per heavy atom. The van der Waals surface area contributed by atoms with Gasteiger partial charge in [0.2, 0.25) is 11.7 Å². The Labute approximate surface area is 182 Å². The number of para-hydroxylation sites is 1. The summed E-state index contributed by atoms with van der Waals surface area (Å²) < 4.78 is 16.9. The number of ether oxygens (including phenoxy) is 2. The number of nitrogens with zero attached hydrogens (tertiary/aromatic N) is 3. The molecule has 3 aromatic rings. The summed E-state index contributed by atoms with van der Waals surface area (Å²) in [5, 5.41) is 4.09. The molecule has 0 radical (unpaired) electrons. The van der Waals surface area contributed by atoms with Gasteiger partial charge in [-0.15, -0.1) is 11.8 Å². The van der Waals surface area contributed by atoms with Gasteiger partial charge in [0.15, 0.2) is 0 Å². The molecule has 0 bridgehead atoms. The summed E-state index contributed by atoms with van der Waals surface area (Å²) in [6.07, 6.45) is 1.15. The van der Waals surface area contributed by atoms with Gasteiger partial charge in [-0.1, -0.05) is 30.3 Å². The largest absolute Gasteiger partial charge is 0.493 e. The van der Waals surface area contributed by atoms with Gasteiger partial charge in [-0.25, -0.2) is 0 Å². The number of rotatable bonds is 13. The van der Waals surface area contributed by atoms with E-state index >= 15 is 0 Å². The fraction of sp³-hybridized carbons (Fsp3) is 0.391. The van der Waals surface area contributed by atoms with Crippen LogP contribution in [0.2, 0.25) is 0 Å². The van der Waals surface area contributed by atoms with Crippen molar-refractivity contribution in [1.82, 2.24) is 15.0 Å². The second-order valence-corrected chi connectivity index (χ2v) is 8.01.